The first-order valence-corrected chi connectivity index (χ1v) is 4.76. The van der Waals surface area contributed by atoms with Gasteiger partial charge >= 0.3 is 0 Å². The summed E-state index contributed by atoms with van der Waals surface area (Å²) in [6.07, 6.45) is 6.62. The van der Waals surface area contributed by atoms with E-state index in [9.17, 15) is 4.79 Å². The SMILES string of the molecule is CC(=O)C1CC2CCC(C2)C1. The second kappa shape index (κ2) is 2.62. The molecule has 1 nitrogen and oxygen atoms in total. The van der Waals surface area contributed by atoms with Crippen LogP contribution in [0.1, 0.15) is 39.0 Å². The van der Waals surface area contributed by atoms with Crippen molar-refractivity contribution in [2.24, 2.45) is 17.8 Å². The lowest BCUT2D eigenvalue weighted by Crippen LogP contribution is -2.21. The van der Waals surface area contributed by atoms with Crippen LogP contribution in [0.2, 0.25) is 0 Å². The zero-order valence-corrected chi connectivity index (χ0v) is 7.18. The number of Topliss-reactive ketones (excluding diaryl/α,β-unsaturated/α-hetero) is 1. The Labute approximate surface area is 68.2 Å². The molecule has 0 aromatic heterocycles. The maximum absolute atomic E-state index is 11.1. The number of rotatable bonds is 1. The molecule has 0 aromatic rings. The van der Waals surface area contributed by atoms with Crippen molar-refractivity contribution < 1.29 is 4.79 Å². The molecule has 2 atom stereocenters. The van der Waals surface area contributed by atoms with E-state index in [1.807, 2.05) is 0 Å². The largest absolute Gasteiger partial charge is 0.300 e. The molecule has 0 N–H and O–H groups in total. The van der Waals surface area contributed by atoms with Crippen molar-refractivity contribution >= 4 is 5.78 Å². The molecule has 2 saturated carbocycles. The average molecular weight is 152 g/mol. The van der Waals surface area contributed by atoms with Crippen LogP contribution in [0.25, 0.3) is 0 Å². The Morgan fingerprint density at radius 3 is 2.09 bits per heavy atom. The highest BCUT2D eigenvalue weighted by Crippen LogP contribution is 2.44. The summed E-state index contributed by atoms with van der Waals surface area (Å²) in [5, 5.41) is 0. The van der Waals surface area contributed by atoms with Crippen LogP contribution in [-0.4, -0.2) is 5.78 Å². The Hall–Kier alpha value is -0.330. The third-order valence-electron chi connectivity index (χ3n) is 3.46. The van der Waals surface area contributed by atoms with E-state index in [-0.39, 0.29) is 0 Å². The minimum Gasteiger partial charge on any atom is -0.300 e. The van der Waals surface area contributed by atoms with Crippen molar-refractivity contribution in [3.63, 3.8) is 0 Å². The fourth-order valence-corrected chi connectivity index (χ4v) is 2.84. The predicted molar refractivity (Wildman–Crippen MR) is 44.2 cm³/mol. The topological polar surface area (TPSA) is 17.1 Å². The number of hydrogen-bond acceptors (Lipinski definition) is 1. The van der Waals surface area contributed by atoms with E-state index < -0.39 is 0 Å². The molecular formula is C10H16O. The lowest BCUT2D eigenvalue weighted by atomic mass is 9.79. The highest BCUT2D eigenvalue weighted by Gasteiger charge is 2.35. The Morgan fingerprint density at radius 2 is 1.64 bits per heavy atom. The molecule has 0 heterocycles. The summed E-state index contributed by atoms with van der Waals surface area (Å²) in [7, 11) is 0. The first-order valence-electron chi connectivity index (χ1n) is 4.76. The van der Waals surface area contributed by atoms with Crippen LogP contribution in [0.5, 0.6) is 0 Å². The highest BCUT2D eigenvalue weighted by molar-refractivity contribution is 5.78. The van der Waals surface area contributed by atoms with Crippen molar-refractivity contribution in [2.45, 2.75) is 39.0 Å². The van der Waals surface area contributed by atoms with Gasteiger partial charge < -0.3 is 0 Å². The fraction of sp³-hybridized carbons (Fsp3) is 0.900. The van der Waals surface area contributed by atoms with Crippen molar-refractivity contribution in [3.8, 4) is 0 Å². The van der Waals surface area contributed by atoms with Gasteiger partial charge in [0.1, 0.15) is 5.78 Å². The van der Waals surface area contributed by atoms with Crippen LogP contribution in [0.15, 0.2) is 0 Å². The molecule has 0 spiro atoms. The monoisotopic (exact) mass is 152 g/mol. The smallest absolute Gasteiger partial charge is 0.132 e. The molecule has 1 heteroatoms. The molecule has 2 aliphatic rings. The Balaban J connectivity index is 2.02. The minimum absolute atomic E-state index is 0.432. The molecule has 62 valence electrons. The molecular weight excluding hydrogens is 136 g/mol. The first kappa shape index (κ1) is 7.33. The molecule has 0 saturated heterocycles. The molecule has 0 radical (unpaired) electrons. The zero-order chi connectivity index (χ0) is 7.84. The van der Waals surface area contributed by atoms with E-state index in [0.29, 0.717) is 11.7 Å². The van der Waals surface area contributed by atoms with E-state index >= 15 is 0 Å². The summed E-state index contributed by atoms with van der Waals surface area (Å²) in [5.74, 6) is 2.67. The standard InChI is InChI=1S/C10H16O/c1-7(11)10-5-8-2-3-9(4-8)6-10/h8-10H,2-6H2,1H3. The number of hydrogen-bond donors (Lipinski definition) is 0. The summed E-state index contributed by atoms with van der Waals surface area (Å²) in [5.41, 5.74) is 0. The first-order chi connectivity index (χ1) is 5.25. The van der Waals surface area contributed by atoms with Gasteiger partial charge in [-0.05, 0) is 38.0 Å². The van der Waals surface area contributed by atoms with Gasteiger partial charge in [0.2, 0.25) is 0 Å². The maximum atomic E-state index is 11.1. The zero-order valence-electron chi connectivity index (χ0n) is 7.18. The van der Waals surface area contributed by atoms with Gasteiger partial charge in [-0.2, -0.15) is 0 Å². The fourth-order valence-electron chi connectivity index (χ4n) is 2.84. The molecule has 2 fully saturated rings. The summed E-state index contributed by atoms with van der Waals surface area (Å²) >= 11 is 0. The Kier molecular flexibility index (Phi) is 1.74. The van der Waals surface area contributed by atoms with E-state index in [2.05, 4.69) is 0 Å². The second-order valence-corrected chi connectivity index (χ2v) is 4.32. The molecule has 2 unspecified atom stereocenters. The third kappa shape index (κ3) is 1.33. The van der Waals surface area contributed by atoms with Crippen molar-refractivity contribution in [3.05, 3.63) is 0 Å². The van der Waals surface area contributed by atoms with Crippen molar-refractivity contribution in [2.75, 3.05) is 0 Å². The molecule has 11 heavy (non-hydrogen) atoms. The van der Waals surface area contributed by atoms with Crippen LogP contribution in [0.3, 0.4) is 0 Å². The number of carbonyl (C=O) groups is 1. The molecule has 0 aromatic carbocycles. The van der Waals surface area contributed by atoms with Gasteiger partial charge in [-0.1, -0.05) is 12.8 Å². The van der Waals surface area contributed by atoms with E-state index in [0.717, 1.165) is 11.8 Å². The molecule has 2 rings (SSSR count). The van der Waals surface area contributed by atoms with Gasteiger partial charge in [0.25, 0.3) is 0 Å². The van der Waals surface area contributed by atoms with Gasteiger partial charge in [-0.3, -0.25) is 4.79 Å². The second-order valence-electron chi connectivity index (χ2n) is 4.32. The lowest BCUT2D eigenvalue weighted by molar-refractivity contribution is -0.122. The van der Waals surface area contributed by atoms with Crippen molar-refractivity contribution in [1.82, 2.24) is 0 Å². The van der Waals surface area contributed by atoms with E-state index in [1.54, 1.807) is 6.92 Å². The minimum atomic E-state index is 0.432. The Bertz CT molecular complexity index is 162. The average Bonchev–Trinajstić information content (AvgIpc) is 2.30. The quantitative estimate of drug-likeness (QED) is 0.564. The third-order valence-corrected chi connectivity index (χ3v) is 3.46. The normalized spacial score (nSPS) is 42.5. The highest BCUT2D eigenvalue weighted by atomic mass is 16.1. The van der Waals surface area contributed by atoms with Crippen LogP contribution in [0.4, 0.5) is 0 Å². The molecule has 2 aliphatic carbocycles. The summed E-state index contributed by atoms with van der Waals surface area (Å²) < 4.78 is 0. The van der Waals surface area contributed by atoms with Crippen molar-refractivity contribution in [1.29, 1.82) is 0 Å². The van der Waals surface area contributed by atoms with Crippen LogP contribution in [-0.2, 0) is 4.79 Å². The molecule has 0 amide bonds. The number of carbonyl (C=O) groups excluding carboxylic acids is 1. The lowest BCUT2D eigenvalue weighted by Gasteiger charge is -2.25. The van der Waals surface area contributed by atoms with E-state index in [1.165, 1.54) is 32.1 Å². The van der Waals surface area contributed by atoms with Crippen LogP contribution in [0, 0.1) is 17.8 Å². The molecule has 0 aliphatic heterocycles. The van der Waals surface area contributed by atoms with Crippen LogP contribution < -0.4 is 0 Å². The number of ketones is 1. The van der Waals surface area contributed by atoms with Gasteiger partial charge in [-0.15, -0.1) is 0 Å². The summed E-state index contributed by atoms with van der Waals surface area (Å²) in [4.78, 5) is 11.1. The van der Waals surface area contributed by atoms with E-state index in [4.69, 9.17) is 0 Å². The Morgan fingerprint density at radius 1 is 1.09 bits per heavy atom. The summed E-state index contributed by atoms with van der Waals surface area (Å²) in [6, 6.07) is 0. The maximum Gasteiger partial charge on any atom is 0.132 e. The van der Waals surface area contributed by atoms with Gasteiger partial charge in [-0.25, -0.2) is 0 Å². The van der Waals surface area contributed by atoms with Gasteiger partial charge in [0.15, 0.2) is 0 Å². The molecule has 2 bridgehead atoms. The van der Waals surface area contributed by atoms with Crippen LogP contribution >= 0.6 is 0 Å². The number of fused-ring (bicyclic) bond motifs is 2. The van der Waals surface area contributed by atoms with Gasteiger partial charge in [0, 0.05) is 5.92 Å². The summed E-state index contributed by atoms with van der Waals surface area (Å²) in [6.45, 7) is 1.76. The van der Waals surface area contributed by atoms with Gasteiger partial charge in [0.05, 0.1) is 0 Å². The predicted octanol–water partition coefficient (Wildman–Crippen LogP) is 2.40.